The van der Waals surface area contributed by atoms with Crippen molar-refractivity contribution in [3.05, 3.63) is 17.8 Å². The van der Waals surface area contributed by atoms with Crippen LogP contribution in [-0.2, 0) is 0 Å². The number of aliphatic hydroxyl groups excluding tert-OH is 1. The molecule has 34 heavy (non-hydrogen) atoms. The number of aromatic nitrogens is 1. The first-order valence-electron chi connectivity index (χ1n) is 14.1. The van der Waals surface area contributed by atoms with E-state index in [9.17, 15) is 9.90 Å². The van der Waals surface area contributed by atoms with E-state index in [2.05, 4.69) is 51.3 Å². The number of anilines is 1. The Balaban J connectivity index is 2.34. The van der Waals surface area contributed by atoms with Crippen molar-refractivity contribution in [1.82, 2.24) is 10.3 Å². The van der Waals surface area contributed by atoms with Crippen molar-refractivity contribution in [2.24, 2.45) is 5.92 Å². The van der Waals surface area contributed by atoms with E-state index in [1.165, 1.54) is 55.5 Å². The van der Waals surface area contributed by atoms with Crippen LogP contribution in [0.4, 0.5) is 5.69 Å². The van der Waals surface area contributed by atoms with Gasteiger partial charge in [-0.15, -0.1) is 0 Å². The summed E-state index contributed by atoms with van der Waals surface area (Å²) in [6.45, 7) is 11.4. The number of carbonyl (C=O) groups excluding carboxylic acids is 1. The van der Waals surface area contributed by atoms with Gasteiger partial charge in [-0.05, 0) is 0 Å². The van der Waals surface area contributed by atoms with Crippen molar-refractivity contribution >= 4 is 33.7 Å². The van der Waals surface area contributed by atoms with Crippen LogP contribution >= 0.6 is 0 Å². The Labute approximate surface area is 213 Å². The molecule has 0 bridgehead atoms. The Kier molecular flexibility index (Phi) is 13.3. The van der Waals surface area contributed by atoms with E-state index < -0.39 is 18.4 Å². The monoisotopic (exact) mass is 581 g/mol. The van der Waals surface area contributed by atoms with Crippen LogP contribution in [0.3, 0.4) is 0 Å². The number of unbranched alkanes of at least 4 members (excludes halogenated alkanes) is 3. The van der Waals surface area contributed by atoms with Crippen molar-refractivity contribution in [2.75, 3.05) is 11.9 Å². The predicted molar refractivity (Wildman–Crippen MR) is 148 cm³/mol. The van der Waals surface area contributed by atoms with Gasteiger partial charge in [0.05, 0.1) is 0 Å². The summed E-state index contributed by atoms with van der Waals surface area (Å²) >= 11 is -2.67. The Bertz CT molecular complexity index is 711. The summed E-state index contributed by atoms with van der Waals surface area (Å²) in [4.78, 5) is 18.4. The van der Waals surface area contributed by atoms with E-state index in [0.717, 1.165) is 31.4 Å². The standard InChI is InChI=1S/C16H24N3O2.3C4H9.Sn/c1-11(2)18-15-7-8-17-9-14(15)16(21)19-13-5-3-12(10-20)4-6-13;3*1-3-4-2;/h7,9,11-13,20H,3-6,10H2,1-2H3,(H,17,18)(H,19,21);3*1,3-4H2,2H3;. The Hall–Kier alpha value is -0.821. The van der Waals surface area contributed by atoms with Crippen molar-refractivity contribution in [2.45, 2.75) is 124 Å². The van der Waals surface area contributed by atoms with E-state index in [1.54, 1.807) is 0 Å². The molecule has 1 aliphatic carbocycles. The minimum atomic E-state index is -2.67. The van der Waals surface area contributed by atoms with Gasteiger partial charge >= 0.3 is 214 Å². The van der Waals surface area contributed by atoms with Crippen LogP contribution in [0.1, 0.15) is 109 Å². The van der Waals surface area contributed by atoms with Gasteiger partial charge in [0.1, 0.15) is 0 Å². The summed E-state index contributed by atoms with van der Waals surface area (Å²) in [5.41, 5.74) is 1.65. The van der Waals surface area contributed by atoms with Crippen LogP contribution in [0.25, 0.3) is 0 Å². The molecule has 1 aromatic heterocycles. The average molecular weight is 580 g/mol. The van der Waals surface area contributed by atoms with Crippen LogP contribution in [-0.4, -0.2) is 53.1 Å². The molecular formula is C28H51N3O2Sn. The quantitative estimate of drug-likeness (QED) is 0.215. The third-order valence-electron chi connectivity index (χ3n) is 7.60. The molecule has 0 saturated heterocycles. The van der Waals surface area contributed by atoms with E-state index in [-0.39, 0.29) is 24.6 Å². The summed E-state index contributed by atoms with van der Waals surface area (Å²) in [5, 5.41) is 16.3. The molecule has 1 heterocycles. The van der Waals surface area contributed by atoms with Gasteiger partial charge < -0.3 is 0 Å². The fraction of sp³-hybridized carbons (Fsp3) is 0.786. The molecule has 1 amide bonds. The number of pyridine rings is 1. The molecule has 0 aromatic carbocycles. The van der Waals surface area contributed by atoms with Crippen molar-refractivity contribution in [3.63, 3.8) is 0 Å². The number of amides is 1. The predicted octanol–water partition coefficient (Wildman–Crippen LogP) is 6.24. The Morgan fingerprint density at radius 2 is 1.59 bits per heavy atom. The van der Waals surface area contributed by atoms with Crippen molar-refractivity contribution in [1.29, 1.82) is 0 Å². The van der Waals surface area contributed by atoms with Gasteiger partial charge in [0.2, 0.25) is 0 Å². The molecule has 6 heteroatoms. The first-order valence-corrected chi connectivity index (χ1v) is 21.6. The van der Waals surface area contributed by atoms with E-state index >= 15 is 0 Å². The van der Waals surface area contributed by atoms with Crippen LogP contribution in [0.15, 0.2) is 12.3 Å². The van der Waals surface area contributed by atoms with Gasteiger partial charge in [0.25, 0.3) is 0 Å². The number of nitrogens with one attached hydrogen (secondary N) is 2. The number of hydrogen-bond acceptors (Lipinski definition) is 4. The Morgan fingerprint density at radius 1 is 1.03 bits per heavy atom. The zero-order valence-electron chi connectivity index (χ0n) is 22.6. The molecule has 1 saturated carbocycles. The second-order valence-electron chi connectivity index (χ2n) is 10.9. The van der Waals surface area contributed by atoms with Gasteiger partial charge in [-0.3, -0.25) is 0 Å². The molecule has 0 unspecified atom stereocenters. The number of nitrogens with zero attached hydrogens (tertiary/aromatic N) is 1. The van der Waals surface area contributed by atoms with Gasteiger partial charge in [-0.2, -0.15) is 0 Å². The second-order valence-corrected chi connectivity index (χ2v) is 23.9. The molecule has 1 aromatic rings. The molecule has 194 valence electrons. The number of carbonyl (C=O) groups is 1. The van der Waals surface area contributed by atoms with Crippen LogP contribution in [0.2, 0.25) is 13.3 Å². The number of aliphatic hydroxyl groups is 1. The minimum absolute atomic E-state index is 0.00822. The first kappa shape index (κ1) is 29.4. The molecule has 1 aliphatic rings. The molecular weight excluding hydrogens is 529 g/mol. The van der Waals surface area contributed by atoms with Crippen LogP contribution in [0, 0.1) is 5.92 Å². The van der Waals surface area contributed by atoms with Crippen LogP contribution < -0.4 is 14.3 Å². The molecule has 0 aliphatic heterocycles. The first-order chi connectivity index (χ1) is 16.4. The van der Waals surface area contributed by atoms with E-state index in [1.807, 2.05) is 6.20 Å². The van der Waals surface area contributed by atoms with Crippen molar-refractivity contribution < 1.29 is 9.90 Å². The third-order valence-corrected chi connectivity index (χ3v) is 22.7. The summed E-state index contributed by atoms with van der Waals surface area (Å²) in [7, 11) is 0. The molecule has 1 fully saturated rings. The van der Waals surface area contributed by atoms with Crippen molar-refractivity contribution in [3.8, 4) is 0 Å². The fourth-order valence-corrected chi connectivity index (χ4v) is 20.8. The van der Waals surface area contributed by atoms with Gasteiger partial charge in [-0.1, -0.05) is 0 Å². The maximum absolute atomic E-state index is 13.3. The molecule has 5 nitrogen and oxygen atoms in total. The average Bonchev–Trinajstić information content (AvgIpc) is 2.84. The van der Waals surface area contributed by atoms with E-state index in [0.29, 0.717) is 11.5 Å². The normalized spacial score (nSPS) is 18.8. The van der Waals surface area contributed by atoms with Gasteiger partial charge in [-0.25, -0.2) is 0 Å². The molecule has 2 rings (SSSR count). The third kappa shape index (κ3) is 8.69. The molecule has 0 radical (unpaired) electrons. The summed E-state index contributed by atoms with van der Waals surface area (Å²) in [6, 6.07) is 2.74. The molecule has 0 spiro atoms. The SMILES string of the molecule is CCC[CH2][Sn]([CH2]CCC)([CH2]CCC)[c]1cc(NC(C)C)c(C(=O)NC2CCC(CO)CC2)cn1. The topological polar surface area (TPSA) is 74.2 Å². The van der Waals surface area contributed by atoms with Gasteiger partial charge in [0, 0.05) is 0 Å². The second kappa shape index (κ2) is 15.3. The fourth-order valence-electron chi connectivity index (χ4n) is 5.41. The van der Waals surface area contributed by atoms with Crippen LogP contribution in [0.5, 0.6) is 0 Å². The van der Waals surface area contributed by atoms with E-state index in [4.69, 9.17) is 4.98 Å². The summed E-state index contributed by atoms with van der Waals surface area (Å²) < 4.78 is 5.49. The summed E-state index contributed by atoms with van der Waals surface area (Å²) in [5.74, 6) is 0.383. The maximum atomic E-state index is 13.3. The van der Waals surface area contributed by atoms with Gasteiger partial charge in [0.15, 0.2) is 0 Å². The Morgan fingerprint density at radius 3 is 2.06 bits per heavy atom. The molecule has 0 atom stereocenters. The summed E-state index contributed by atoms with van der Waals surface area (Å²) in [6.07, 6.45) is 13.4. The molecule has 3 N–H and O–H groups in total. The zero-order valence-corrected chi connectivity index (χ0v) is 25.4. The zero-order chi connectivity index (χ0) is 25.0. The number of hydrogen-bond donors (Lipinski definition) is 3. The number of rotatable bonds is 15.